The molecule has 7 aromatic carbocycles. The summed E-state index contributed by atoms with van der Waals surface area (Å²) >= 11 is 16.7. The van der Waals surface area contributed by atoms with Crippen molar-refractivity contribution in [1.82, 2.24) is 9.61 Å². The zero-order valence-electron chi connectivity index (χ0n) is 55.4. The SMILES string of the molecule is CC(C)(C)OC(=O)CCc1ccc(C(=O)Nc2ccc(Cl)c(C(F)(F)F)c2)cc1.CC(C)(C)OC(=O)CCc1ccc(C(=O)O)cc1.NCc1ccc(C(=O)Nc2ccc(Cl)c(C(F)(F)F)c2)cc1.O=C(Nc1ccc(Cl)c(C(F)(F)F)c1)c1ccc(CCC(=O)c2cnn3ccccc23)cc1. The van der Waals surface area contributed by atoms with Gasteiger partial charge in [-0.05, 0) is 198 Å². The predicted molar refractivity (Wildman–Crippen MR) is 370 cm³/mol. The lowest BCUT2D eigenvalue weighted by Gasteiger charge is -2.19. The summed E-state index contributed by atoms with van der Waals surface area (Å²) in [5.41, 5.74) is 7.25. The summed E-state index contributed by atoms with van der Waals surface area (Å²) in [5, 5.41) is 18.9. The molecule has 0 unspecified atom stereocenters. The van der Waals surface area contributed by atoms with Crippen molar-refractivity contribution in [3.05, 3.63) is 264 Å². The van der Waals surface area contributed by atoms with Crippen LogP contribution in [-0.2, 0) is 63.4 Å². The highest BCUT2D eigenvalue weighted by Gasteiger charge is 2.36. The molecule has 3 amide bonds. The van der Waals surface area contributed by atoms with Crippen LogP contribution in [0.15, 0.2) is 182 Å². The van der Waals surface area contributed by atoms with Crippen LogP contribution >= 0.6 is 34.8 Å². The first-order valence-corrected chi connectivity index (χ1v) is 32.0. The van der Waals surface area contributed by atoms with E-state index in [1.165, 1.54) is 30.3 Å². The number of aryl methyl sites for hydroxylation is 3. The van der Waals surface area contributed by atoms with Crippen LogP contribution in [0.4, 0.5) is 56.6 Å². The number of carbonyl (C=O) groups excluding carboxylic acids is 6. The number of alkyl halides is 9. The van der Waals surface area contributed by atoms with E-state index >= 15 is 0 Å². The number of carbonyl (C=O) groups is 7. The van der Waals surface area contributed by atoms with Crippen molar-refractivity contribution in [3.63, 3.8) is 0 Å². The number of amides is 3. The van der Waals surface area contributed by atoms with E-state index in [1.54, 1.807) is 123 Å². The second-order valence-electron chi connectivity index (χ2n) is 24.4. The number of aromatic nitrogens is 2. The Labute approximate surface area is 595 Å². The van der Waals surface area contributed by atoms with Gasteiger partial charge in [0.2, 0.25) is 0 Å². The zero-order chi connectivity index (χ0) is 75.5. The summed E-state index contributed by atoms with van der Waals surface area (Å²) in [6.45, 7) is 11.2. The number of nitrogens with two attached hydrogens (primary N) is 1. The Balaban J connectivity index is 0.000000219. The van der Waals surface area contributed by atoms with Gasteiger partial charge in [0.15, 0.2) is 5.78 Å². The number of esters is 2. The highest BCUT2D eigenvalue weighted by molar-refractivity contribution is 6.32. The fraction of sp³-hybridized carbons (Fsp3) is 0.243. The largest absolute Gasteiger partial charge is 0.478 e. The molecule has 16 nitrogen and oxygen atoms in total. The second kappa shape index (κ2) is 35.5. The van der Waals surface area contributed by atoms with E-state index in [9.17, 15) is 73.1 Å². The van der Waals surface area contributed by atoms with Crippen molar-refractivity contribution in [2.24, 2.45) is 5.73 Å². The van der Waals surface area contributed by atoms with Crippen molar-refractivity contribution in [1.29, 1.82) is 0 Å². The fourth-order valence-electron chi connectivity index (χ4n) is 9.14. The maximum atomic E-state index is 13.0. The van der Waals surface area contributed by atoms with Crippen LogP contribution in [0.2, 0.25) is 15.1 Å². The Morgan fingerprint density at radius 3 is 1.09 bits per heavy atom. The molecular formula is C74H68Cl3F9N6O10. The number of carboxylic acid groups (broad SMARTS) is 1. The molecule has 0 saturated heterocycles. The van der Waals surface area contributed by atoms with Gasteiger partial charge in [-0.2, -0.15) is 44.6 Å². The van der Waals surface area contributed by atoms with Crippen LogP contribution in [-0.4, -0.2) is 67.3 Å². The lowest BCUT2D eigenvalue weighted by molar-refractivity contribution is -0.155. The minimum Gasteiger partial charge on any atom is -0.478 e. The minimum atomic E-state index is -4.62. The van der Waals surface area contributed by atoms with Crippen LogP contribution < -0.4 is 21.7 Å². The molecule has 0 fully saturated rings. The average molecular weight is 1480 g/mol. The van der Waals surface area contributed by atoms with Crippen molar-refractivity contribution in [2.45, 2.75) is 116 Å². The van der Waals surface area contributed by atoms with Gasteiger partial charge in [0.1, 0.15) is 11.2 Å². The number of hydrogen-bond donors (Lipinski definition) is 5. The summed E-state index contributed by atoms with van der Waals surface area (Å²) in [7, 11) is 0. The molecule has 0 saturated carbocycles. The molecule has 0 aliphatic heterocycles. The monoisotopic (exact) mass is 1480 g/mol. The Morgan fingerprint density at radius 2 is 0.775 bits per heavy atom. The van der Waals surface area contributed by atoms with E-state index in [4.69, 9.17) is 55.1 Å². The predicted octanol–water partition coefficient (Wildman–Crippen LogP) is 18.7. The summed E-state index contributed by atoms with van der Waals surface area (Å²) in [6.07, 6.45) is -8.27. The van der Waals surface area contributed by atoms with Gasteiger partial charge in [-0.15, -0.1) is 0 Å². The van der Waals surface area contributed by atoms with E-state index in [1.807, 2.05) is 39.0 Å². The van der Waals surface area contributed by atoms with Crippen LogP contribution in [0.5, 0.6) is 0 Å². The molecule has 0 spiro atoms. The molecule has 0 bridgehead atoms. The summed E-state index contributed by atoms with van der Waals surface area (Å²) < 4.78 is 128. The third-order valence-corrected chi connectivity index (χ3v) is 15.1. The van der Waals surface area contributed by atoms with Crippen LogP contribution in [0.3, 0.4) is 0 Å². The third-order valence-electron chi connectivity index (χ3n) is 14.1. The number of pyridine rings is 1. The van der Waals surface area contributed by atoms with Gasteiger partial charge in [0.05, 0.1) is 54.6 Å². The first-order chi connectivity index (χ1) is 47.7. The number of Topliss-reactive ketones (excluding diaryl/α,β-unsaturated/α-hetero) is 1. The molecule has 9 rings (SSSR count). The Kier molecular flexibility index (Phi) is 28.1. The molecule has 0 radical (unpaired) electrons. The topological polar surface area (TPSA) is 238 Å². The Morgan fingerprint density at radius 1 is 0.451 bits per heavy atom. The molecule has 538 valence electrons. The van der Waals surface area contributed by atoms with E-state index in [2.05, 4.69) is 21.0 Å². The lowest BCUT2D eigenvalue weighted by Crippen LogP contribution is -2.24. The van der Waals surface area contributed by atoms with Crippen LogP contribution in [0, 0.1) is 0 Å². The number of ether oxygens (including phenoxy) is 2. The number of aromatic carboxylic acids is 1. The first kappa shape index (κ1) is 80.9. The molecule has 2 aromatic heterocycles. The molecule has 0 aliphatic carbocycles. The smallest absolute Gasteiger partial charge is 0.417 e. The fourth-order valence-corrected chi connectivity index (χ4v) is 9.82. The number of benzene rings is 7. The number of hydrogen-bond acceptors (Lipinski definition) is 11. The van der Waals surface area contributed by atoms with Crippen molar-refractivity contribution in [3.8, 4) is 0 Å². The zero-order valence-corrected chi connectivity index (χ0v) is 57.7. The average Bonchev–Trinajstić information content (AvgIpc) is 1.46. The molecule has 28 heteroatoms. The van der Waals surface area contributed by atoms with E-state index in [0.29, 0.717) is 43.4 Å². The number of anilines is 3. The van der Waals surface area contributed by atoms with Gasteiger partial charge >= 0.3 is 36.4 Å². The molecule has 2 heterocycles. The maximum Gasteiger partial charge on any atom is 0.417 e. The minimum absolute atomic E-state index is 0.0132. The molecule has 6 N–H and O–H groups in total. The number of nitrogens with one attached hydrogen (secondary N) is 3. The normalized spacial score (nSPS) is 11.5. The second-order valence-corrected chi connectivity index (χ2v) is 25.6. The molecule has 0 atom stereocenters. The van der Waals surface area contributed by atoms with E-state index in [-0.39, 0.29) is 64.3 Å². The summed E-state index contributed by atoms with van der Waals surface area (Å²) in [5.74, 6) is -3.18. The van der Waals surface area contributed by atoms with Crippen LogP contribution in [0.25, 0.3) is 5.52 Å². The number of ketones is 1. The number of rotatable bonds is 18. The molecule has 0 aliphatic rings. The number of nitrogens with zero attached hydrogens (tertiary/aromatic N) is 2. The van der Waals surface area contributed by atoms with Gasteiger partial charge in [0, 0.05) is 65.8 Å². The van der Waals surface area contributed by atoms with Gasteiger partial charge < -0.3 is 36.3 Å². The number of fused-ring (bicyclic) bond motifs is 1. The maximum absolute atomic E-state index is 13.0. The van der Waals surface area contributed by atoms with Gasteiger partial charge in [0.25, 0.3) is 17.7 Å². The van der Waals surface area contributed by atoms with E-state index in [0.717, 1.165) is 64.2 Å². The van der Waals surface area contributed by atoms with Crippen molar-refractivity contribution >= 4 is 98.8 Å². The number of halogens is 12. The Bertz CT molecular complexity index is 4420. The molecular weight excluding hydrogens is 1410 g/mol. The summed E-state index contributed by atoms with van der Waals surface area (Å²) in [6, 6.07) is 41.0. The van der Waals surface area contributed by atoms with Crippen LogP contribution in [0.1, 0.15) is 152 Å². The van der Waals surface area contributed by atoms with E-state index < -0.39 is 85.2 Å². The summed E-state index contributed by atoms with van der Waals surface area (Å²) in [4.78, 5) is 83.2. The lowest BCUT2D eigenvalue weighted by atomic mass is 10.0. The molecule has 102 heavy (non-hydrogen) atoms. The standard InChI is InChI=1S/C24H17ClF3N3O2.C21H21ClF3NO3.C15H12ClF3N2O.C14H18O4/c25-20-10-9-17(13-19(20)24(26,27)28)30-23(33)16-7-4-15(5-8-16)6-11-22(32)18-14-29-31-12-2-1-3-21(18)31;1-20(2,3)29-18(27)11-6-13-4-7-14(8-5-13)19(28)26-15-9-10-17(22)16(12-15)21(23,24)25;16-13-6-5-11(7-12(13)15(17,18)19)21-14(22)10-3-1-9(8-20)2-4-10;1-14(2,3)18-12(15)9-6-10-4-7-11(8-5-10)13(16)17/h1-5,7-10,12-14H,6,11H2,(H,30,33);4-5,7-10,12H,6,11H2,1-3H3,(H,26,28);1-7H,8,20H2,(H,21,22);4-5,7-8H,6,9H2,1-3H3,(H,16,17). The first-order valence-electron chi connectivity index (χ1n) is 30.9. The Hall–Kier alpha value is -10.1. The van der Waals surface area contributed by atoms with Crippen molar-refractivity contribution < 1.29 is 87.7 Å². The highest BCUT2D eigenvalue weighted by atomic mass is 35.5. The van der Waals surface area contributed by atoms with Gasteiger partial charge in [-0.1, -0.05) is 89.4 Å². The van der Waals surface area contributed by atoms with Gasteiger partial charge in [-0.3, -0.25) is 28.8 Å². The quantitative estimate of drug-likeness (QED) is 0.0306. The van der Waals surface area contributed by atoms with Gasteiger partial charge in [-0.25, -0.2) is 9.31 Å². The molecule has 9 aromatic rings. The third kappa shape index (κ3) is 25.8. The highest BCUT2D eigenvalue weighted by Crippen LogP contribution is 2.39. The van der Waals surface area contributed by atoms with Crippen molar-refractivity contribution in [2.75, 3.05) is 16.0 Å². The number of carboxylic acids is 1.